The molecule has 0 aliphatic carbocycles. The lowest BCUT2D eigenvalue weighted by Gasteiger charge is -2.05. The molecule has 2 nitrogen and oxygen atoms in total. The Balaban J connectivity index is 1.78. The summed E-state index contributed by atoms with van der Waals surface area (Å²) in [5, 5.41) is 0. The topological polar surface area (TPSA) is 17.3 Å². The van der Waals surface area contributed by atoms with Crippen molar-refractivity contribution in [1.29, 1.82) is 0 Å². The van der Waals surface area contributed by atoms with E-state index in [4.69, 9.17) is 0 Å². The van der Waals surface area contributed by atoms with Gasteiger partial charge >= 0.3 is 0 Å². The van der Waals surface area contributed by atoms with E-state index >= 15 is 0 Å². The molecule has 1 aromatic carbocycles. The van der Waals surface area contributed by atoms with Gasteiger partial charge < -0.3 is 4.40 Å². The summed E-state index contributed by atoms with van der Waals surface area (Å²) in [6, 6.07) is 12.7. The smallest absolute Gasteiger partial charge is 0.137 e. The van der Waals surface area contributed by atoms with Gasteiger partial charge in [0.1, 0.15) is 5.65 Å². The molecule has 0 saturated carbocycles. The fourth-order valence-electron chi connectivity index (χ4n) is 2.17. The number of pyridine rings is 1. The van der Waals surface area contributed by atoms with E-state index < -0.39 is 0 Å². The number of hydrogen-bond donors (Lipinski definition) is 0. The van der Waals surface area contributed by atoms with E-state index in [9.17, 15) is 0 Å². The van der Waals surface area contributed by atoms with Gasteiger partial charge in [-0.15, -0.1) is 11.8 Å². The normalized spacial score (nSPS) is 11.1. The number of rotatable bonds is 3. The third-order valence-electron chi connectivity index (χ3n) is 3.12. The van der Waals surface area contributed by atoms with Gasteiger partial charge in [-0.3, -0.25) is 0 Å². The van der Waals surface area contributed by atoms with Crippen LogP contribution in [-0.4, -0.2) is 9.38 Å². The maximum atomic E-state index is 4.62. The number of nitrogens with zero attached hydrogens (tertiary/aromatic N) is 2. The number of imidazole rings is 1. The zero-order chi connectivity index (χ0) is 13.2. The Morgan fingerprint density at radius 3 is 2.84 bits per heavy atom. The Hall–Kier alpha value is -1.74. The highest BCUT2D eigenvalue weighted by Crippen LogP contribution is 2.26. The van der Waals surface area contributed by atoms with Gasteiger partial charge in [-0.05, 0) is 37.6 Å². The average molecular weight is 268 g/mol. The van der Waals surface area contributed by atoms with Crippen molar-refractivity contribution < 1.29 is 0 Å². The largest absolute Gasteiger partial charge is 0.307 e. The van der Waals surface area contributed by atoms with E-state index in [-0.39, 0.29) is 0 Å². The minimum Gasteiger partial charge on any atom is -0.307 e. The second-order valence-electron chi connectivity index (χ2n) is 4.76. The van der Waals surface area contributed by atoms with E-state index in [1.54, 1.807) is 0 Å². The van der Waals surface area contributed by atoms with Crippen molar-refractivity contribution in [2.75, 3.05) is 0 Å². The molecule has 0 amide bonds. The van der Waals surface area contributed by atoms with Crippen molar-refractivity contribution in [1.82, 2.24) is 9.38 Å². The lowest BCUT2D eigenvalue weighted by molar-refractivity contribution is 1.18. The van der Waals surface area contributed by atoms with Crippen molar-refractivity contribution in [2.24, 2.45) is 0 Å². The van der Waals surface area contributed by atoms with Crippen LogP contribution in [0.15, 0.2) is 53.7 Å². The molecule has 3 aromatic rings. The predicted molar refractivity (Wildman–Crippen MR) is 80.7 cm³/mol. The Morgan fingerprint density at radius 2 is 2.05 bits per heavy atom. The number of thioether (sulfide) groups is 1. The molecule has 3 heteroatoms. The standard InChI is InChI=1S/C16H16N2S/c1-12-6-7-15(13(2)9-12)19-11-14-10-18-8-4-3-5-16(18)17-14/h3-10H,11H2,1-2H3. The monoisotopic (exact) mass is 268 g/mol. The fraction of sp³-hybridized carbons (Fsp3) is 0.188. The molecular weight excluding hydrogens is 252 g/mol. The molecule has 0 bridgehead atoms. The van der Waals surface area contributed by atoms with Crippen LogP contribution in [-0.2, 0) is 5.75 Å². The van der Waals surface area contributed by atoms with Crippen molar-refractivity contribution in [2.45, 2.75) is 24.5 Å². The maximum absolute atomic E-state index is 4.62. The van der Waals surface area contributed by atoms with Crippen molar-refractivity contribution >= 4 is 17.4 Å². The zero-order valence-electron chi connectivity index (χ0n) is 11.1. The summed E-state index contributed by atoms with van der Waals surface area (Å²) in [5.41, 5.74) is 4.79. The Kier molecular flexibility index (Phi) is 3.30. The maximum Gasteiger partial charge on any atom is 0.137 e. The van der Waals surface area contributed by atoms with E-state index in [1.165, 1.54) is 16.0 Å². The van der Waals surface area contributed by atoms with Crippen LogP contribution in [0.5, 0.6) is 0 Å². The number of benzene rings is 1. The predicted octanol–water partition coefficient (Wildman–Crippen LogP) is 4.24. The van der Waals surface area contributed by atoms with Crippen molar-refractivity contribution in [3.8, 4) is 0 Å². The third-order valence-corrected chi connectivity index (χ3v) is 4.33. The summed E-state index contributed by atoms with van der Waals surface area (Å²) < 4.78 is 2.07. The molecule has 0 aliphatic heterocycles. The summed E-state index contributed by atoms with van der Waals surface area (Å²) in [6.45, 7) is 4.29. The van der Waals surface area contributed by atoms with E-state index in [2.05, 4.69) is 47.6 Å². The quantitative estimate of drug-likeness (QED) is 0.661. The Labute approximate surface area is 117 Å². The van der Waals surface area contributed by atoms with Crippen LogP contribution in [0.1, 0.15) is 16.8 Å². The lowest BCUT2D eigenvalue weighted by atomic mass is 10.2. The SMILES string of the molecule is Cc1ccc(SCc2cn3ccccc3n2)c(C)c1. The minimum absolute atomic E-state index is 0.908. The van der Waals surface area contributed by atoms with Gasteiger partial charge in [-0.1, -0.05) is 23.8 Å². The van der Waals surface area contributed by atoms with E-state index in [0.717, 1.165) is 17.1 Å². The summed E-state index contributed by atoms with van der Waals surface area (Å²) >= 11 is 1.85. The van der Waals surface area contributed by atoms with Crippen LogP contribution in [0.4, 0.5) is 0 Å². The molecular formula is C16H16N2S. The van der Waals surface area contributed by atoms with E-state index in [0.29, 0.717) is 0 Å². The van der Waals surface area contributed by atoms with Crippen LogP contribution >= 0.6 is 11.8 Å². The second-order valence-corrected chi connectivity index (χ2v) is 5.77. The number of aryl methyl sites for hydroxylation is 2. The molecule has 3 rings (SSSR count). The number of aromatic nitrogens is 2. The molecule has 2 heterocycles. The molecule has 0 radical (unpaired) electrons. The van der Waals surface area contributed by atoms with Gasteiger partial charge in [0.2, 0.25) is 0 Å². The highest BCUT2D eigenvalue weighted by Gasteiger charge is 2.04. The van der Waals surface area contributed by atoms with Crippen molar-refractivity contribution in [3.05, 3.63) is 65.6 Å². The first-order valence-corrected chi connectivity index (χ1v) is 7.33. The van der Waals surface area contributed by atoms with Gasteiger partial charge in [0, 0.05) is 23.0 Å². The molecule has 0 saturated heterocycles. The summed E-state index contributed by atoms with van der Waals surface area (Å²) in [4.78, 5) is 5.95. The molecule has 0 unspecified atom stereocenters. The molecule has 0 spiro atoms. The summed E-state index contributed by atoms with van der Waals surface area (Å²) in [7, 11) is 0. The molecule has 2 aromatic heterocycles. The van der Waals surface area contributed by atoms with Crippen LogP contribution in [0.25, 0.3) is 5.65 Å². The van der Waals surface area contributed by atoms with Crippen LogP contribution in [0.2, 0.25) is 0 Å². The molecule has 0 atom stereocenters. The number of fused-ring (bicyclic) bond motifs is 1. The highest BCUT2D eigenvalue weighted by atomic mass is 32.2. The van der Waals surface area contributed by atoms with Crippen LogP contribution < -0.4 is 0 Å². The lowest BCUT2D eigenvalue weighted by Crippen LogP contribution is -1.84. The fourth-order valence-corrected chi connectivity index (χ4v) is 3.06. The van der Waals surface area contributed by atoms with E-state index in [1.807, 2.05) is 36.2 Å². The van der Waals surface area contributed by atoms with Gasteiger partial charge in [-0.25, -0.2) is 4.98 Å². The first-order valence-electron chi connectivity index (χ1n) is 6.35. The average Bonchev–Trinajstić information content (AvgIpc) is 2.80. The Bertz CT molecular complexity index is 683. The Morgan fingerprint density at radius 1 is 1.16 bits per heavy atom. The van der Waals surface area contributed by atoms with Gasteiger partial charge in [-0.2, -0.15) is 0 Å². The van der Waals surface area contributed by atoms with Crippen LogP contribution in [0.3, 0.4) is 0 Å². The van der Waals surface area contributed by atoms with Gasteiger partial charge in [0.15, 0.2) is 0 Å². The highest BCUT2D eigenvalue weighted by molar-refractivity contribution is 7.98. The van der Waals surface area contributed by atoms with Gasteiger partial charge in [0.25, 0.3) is 0 Å². The molecule has 0 N–H and O–H groups in total. The minimum atomic E-state index is 0.908. The van der Waals surface area contributed by atoms with Gasteiger partial charge in [0.05, 0.1) is 5.69 Å². The molecule has 19 heavy (non-hydrogen) atoms. The molecule has 96 valence electrons. The second kappa shape index (κ2) is 5.10. The zero-order valence-corrected chi connectivity index (χ0v) is 11.9. The summed E-state index contributed by atoms with van der Waals surface area (Å²) in [6.07, 6.45) is 4.14. The third kappa shape index (κ3) is 2.66. The molecule has 0 aliphatic rings. The first kappa shape index (κ1) is 12.3. The molecule has 0 fully saturated rings. The summed E-state index contributed by atoms with van der Waals surface area (Å²) in [5.74, 6) is 0.908. The first-order chi connectivity index (χ1) is 9.22. The van der Waals surface area contributed by atoms with Crippen LogP contribution in [0, 0.1) is 13.8 Å². The van der Waals surface area contributed by atoms with Crippen molar-refractivity contribution in [3.63, 3.8) is 0 Å². The number of hydrogen-bond acceptors (Lipinski definition) is 2.